The van der Waals surface area contributed by atoms with Crippen LogP contribution < -0.4 is 10.2 Å². The van der Waals surface area contributed by atoms with E-state index in [9.17, 15) is 14.0 Å². The van der Waals surface area contributed by atoms with E-state index in [0.717, 1.165) is 35.0 Å². The predicted molar refractivity (Wildman–Crippen MR) is 148 cm³/mol. The van der Waals surface area contributed by atoms with Gasteiger partial charge in [-0.2, -0.15) is 0 Å². The molecule has 0 bridgehead atoms. The van der Waals surface area contributed by atoms with Crippen LogP contribution in [0.3, 0.4) is 0 Å². The van der Waals surface area contributed by atoms with Crippen molar-refractivity contribution in [2.45, 2.75) is 5.22 Å². The fourth-order valence-electron chi connectivity index (χ4n) is 4.06. The van der Waals surface area contributed by atoms with E-state index in [4.69, 9.17) is 4.42 Å². The number of carbonyl (C=O) groups excluding carboxylic acids is 2. The Morgan fingerprint density at radius 1 is 0.947 bits per heavy atom. The van der Waals surface area contributed by atoms with Crippen molar-refractivity contribution in [2.24, 2.45) is 0 Å². The molecule has 0 radical (unpaired) electrons. The van der Waals surface area contributed by atoms with Crippen LogP contribution in [0.5, 0.6) is 0 Å². The molecule has 11 heteroatoms. The summed E-state index contributed by atoms with van der Waals surface area (Å²) in [6, 6.07) is 21.2. The highest BCUT2D eigenvalue weighted by Gasteiger charge is 2.23. The van der Waals surface area contributed by atoms with Crippen molar-refractivity contribution >= 4 is 50.9 Å². The number of amides is 2. The van der Waals surface area contributed by atoms with Crippen LogP contribution in [0.2, 0.25) is 0 Å². The number of hydrogen-bond donors (Lipinski definition) is 1. The minimum atomic E-state index is -0.454. The number of benzene rings is 3. The van der Waals surface area contributed by atoms with E-state index in [1.165, 1.54) is 6.07 Å². The molecule has 1 saturated heterocycles. The fraction of sp³-hybridized carbons (Fsp3) is 0.185. The maximum absolute atomic E-state index is 13.9. The third-order valence-electron chi connectivity index (χ3n) is 6.02. The average molecular weight is 596 g/mol. The molecule has 0 aliphatic carbocycles. The van der Waals surface area contributed by atoms with E-state index in [-0.39, 0.29) is 34.2 Å². The smallest absolute Gasteiger partial charge is 0.277 e. The number of carbonyl (C=O) groups is 2. The van der Waals surface area contributed by atoms with E-state index in [1.54, 1.807) is 18.2 Å². The second-order valence-electron chi connectivity index (χ2n) is 8.50. The Morgan fingerprint density at radius 2 is 1.66 bits per heavy atom. The van der Waals surface area contributed by atoms with Gasteiger partial charge in [-0.15, -0.1) is 10.2 Å². The number of hydrogen-bond acceptors (Lipinski definition) is 7. The first kappa shape index (κ1) is 25.9. The molecule has 1 aliphatic heterocycles. The molecule has 194 valence electrons. The van der Waals surface area contributed by atoms with Gasteiger partial charge in [0.1, 0.15) is 5.82 Å². The molecule has 0 saturated carbocycles. The summed E-state index contributed by atoms with van der Waals surface area (Å²) in [6.45, 7) is 2.70. The Kier molecular flexibility index (Phi) is 8.04. The minimum absolute atomic E-state index is 0.0250. The molecule has 5 rings (SSSR count). The van der Waals surface area contributed by atoms with Gasteiger partial charge in [0.2, 0.25) is 5.91 Å². The molecular formula is C27H23BrFN5O3S. The first-order valence-electron chi connectivity index (χ1n) is 11.9. The molecule has 4 aromatic rings. The Labute approximate surface area is 231 Å². The second kappa shape index (κ2) is 11.8. The van der Waals surface area contributed by atoms with Crippen molar-refractivity contribution in [1.82, 2.24) is 15.1 Å². The average Bonchev–Trinajstić information content (AvgIpc) is 3.41. The van der Waals surface area contributed by atoms with Crippen molar-refractivity contribution < 1.29 is 18.4 Å². The number of nitrogens with zero attached hydrogens (tertiary/aromatic N) is 4. The zero-order chi connectivity index (χ0) is 26.5. The van der Waals surface area contributed by atoms with Crippen molar-refractivity contribution in [3.63, 3.8) is 0 Å². The van der Waals surface area contributed by atoms with Crippen LogP contribution in [0.4, 0.5) is 15.8 Å². The minimum Gasteiger partial charge on any atom is -0.411 e. The van der Waals surface area contributed by atoms with Crippen molar-refractivity contribution in [2.75, 3.05) is 42.1 Å². The van der Waals surface area contributed by atoms with Gasteiger partial charge in [-0.1, -0.05) is 36.0 Å². The molecule has 3 aromatic carbocycles. The topological polar surface area (TPSA) is 91.6 Å². The van der Waals surface area contributed by atoms with Crippen LogP contribution in [-0.2, 0) is 4.79 Å². The Hall–Kier alpha value is -3.70. The number of halogens is 2. The van der Waals surface area contributed by atoms with Crippen LogP contribution in [0, 0.1) is 5.82 Å². The normalized spacial score (nSPS) is 13.4. The van der Waals surface area contributed by atoms with Gasteiger partial charge in [-0.05, 0) is 64.5 Å². The monoisotopic (exact) mass is 595 g/mol. The van der Waals surface area contributed by atoms with E-state index in [2.05, 4.69) is 36.3 Å². The number of thioether (sulfide) groups is 1. The third-order valence-corrected chi connectivity index (χ3v) is 7.53. The molecule has 8 nitrogen and oxygen atoms in total. The molecule has 1 aromatic heterocycles. The second-order valence-corrected chi connectivity index (χ2v) is 10.3. The van der Waals surface area contributed by atoms with Crippen molar-refractivity contribution in [3.8, 4) is 11.5 Å². The quantitative estimate of drug-likeness (QED) is 0.289. The molecule has 0 spiro atoms. The summed E-state index contributed by atoms with van der Waals surface area (Å²) >= 11 is 4.54. The molecule has 38 heavy (non-hydrogen) atoms. The summed E-state index contributed by atoms with van der Waals surface area (Å²) < 4.78 is 20.2. The summed E-state index contributed by atoms with van der Waals surface area (Å²) in [5.41, 5.74) is 2.58. The first-order chi connectivity index (χ1) is 18.5. The van der Waals surface area contributed by atoms with Crippen molar-refractivity contribution in [1.29, 1.82) is 0 Å². The number of nitrogens with one attached hydrogen (secondary N) is 1. The predicted octanol–water partition coefficient (Wildman–Crippen LogP) is 5.33. The van der Waals surface area contributed by atoms with E-state index in [0.29, 0.717) is 24.3 Å². The lowest BCUT2D eigenvalue weighted by Gasteiger charge is -2.36. The molecule has 1 fully saturated rings. The lowest BCUT2D eigenvalue weighted by Crippen LogP contribution is -2.48. The highest BCUT2D eigenvalue weighted by atomic mass is 79.9. The SMILES string of the molecule is O=C(CSc1nnc(-c2ccccc2F)o1)Nc1ccc(N2CCN(C(=O)c3ccccc3Br)CC2)cc1. The van der Waals surface area contributed by atoms with Crippen LogP contribution in [0.1, 0.15) is 10.4 Å². The van der Waals surface area contributed by atoms with Crippen LogP contribution in [0.25, 0.3) is 11.5 Å². The molecule has 1 N–H and O–H groups in total. The molecule has 0 atom stereocenters. The fourth-order valence-corrected chi connectivity index (χ4v) is 5.08. The van der Waals surface area contributed by atoms with Crippen LogP contribution >= 0.6 is 27.7 Å². The summed E-state index contributed by atoms with van der Waals surface area (Å²) in [4.78, 5) is 29.3. The number of rotatable bonds is 7. The van der Waals surface area contributed by atoms with Gasteiger partial charge in [0.15, 0.2) is 0 Å². The van der Waals surface area contributed by atoms with E-state index < -0.39 is 5.82 Å². The van der Waals surface area contributed by atoms with Gasteiger partial charge in [0, 0.05) is 42.0 Å². The van der Waals surface area contributed by atoms with Gasteiger partial charge < -0.3 is 19.5 Å². The van der Waals surface area contributed by atoms with Gasteiger partial charge in [0.05, 0.1) is 16.9 Å². The van der Waals surface area contributed by atoms with Gasteiger partial charge >= 0.3 is 0 Å². The van der Waals surface area contributed by atoms with Crippen LogP contribution in [-0.4, -0.2) is 58.8 Å². The first-order valence-corrected chi connectivity index (χ1v) is 13.7. The third kappa shape index (κ3) is 6.05. The highest BCUT2D eigenvalue weighted by Crippen LogP contribution is 2.26. The van der Waals surface area contributed by atoms with Gasteiger partial charge in [-0.25, -0.2) is 4.39 Å². The Bertz CT molecular complexity index is 1440. The summed E-state index contributed by atoms with van der Waals surface area (Å²) in [7, 11) is 0. The van der Waals surface area contributed by atoms with Gasteiger partial charge in [0.25, 0.3) is 17.0 Å². The largest absolute Gasteiger partial charge is 0.411 e. The lowest BCUT2D eigenvalue weighted by atomic mass is 10.1. The molecule has 0 unspecified atom stereocenters. The number of aromatic nitrogens is 2. The van der Waals surface area contributed by atoms with E-state index in [1.807, 2.05) is 53.4 Å². The summed E-state index contributed by atoms with van der Waals surface area (Å²) in [5, 5.41) is 10.8. The maximum atomic E-state index is 13.9. The van der Waals surface area contributed by atoms with Gasteiger partial charge in [-0.3, -0.25) is 9.59 Å². The summed E-state index contributed by atoms with van der Waals surface area (Å²) in [6.07, 6.45) is 0. The van der Waals surface area contributed by atoms with Crippen LogP contribution in [0.15, 0.2) is 86.9 Å². The standard InChI is InChI=1S/C27H23BrFN5O3S/c28-22-7-3-1-5-20(22)26(36)34-15-13-33(14-16-34)19-11-9-18(10-12-19)30-24(35)17-38-27-32-31-25(37-27)21-6-2-4-8-23(21)29/h1-12H,13-17H2,(H,30,35). The molecule has 2 amide bonds. The Morgan fingerprint density at radius 3 is 2.39 bits per heavy atom. The highest BCUT2D eigenvalue weighted by molar-refractivity contribution is 9.10. The zero-order valence-electron chi connectivity index (χ0n) is 20.1. The maximum Gasteiger partial charge on any atom is 0.277 e. The molecular weight excluding hydrogens is 573 g/mol. The molecule has 2 heterocycles. The Balaban J connectivity index is 1.10. The lowest BCUT2D eigenvalue weighted by molar-refractivity contribution is -0.113. The van der Waals surface area contributed by atoms with Crippen molar-refractivity contribution in [3.05, 3.63) is 88.6 Å². The molecule has 1 aliphatic rings. The number of anilines is 2. The van der Waals surface area contributed by atoms with E-state index >= 15 is 0 Å². The zero-order valence-corrected chi connectivity index (χ0v) is 22.5. The summed E-state index contributed by atoms with van der Waals surface area (Å²) in [5.74, 6) is -0.525. The number of piperazine rings is 1.